The molecule has 26 heavy (non-hydrogen) atoms. The highest BCUT2D eigenvalue weighted by Gasteiger charge is 2.22. The minimum Gasteiger partial charge on any atom is -0.338 e. The third-order valence-corrected chi connectivity index (χ3v) is 4.94. The van der Waals surface area contributed by atoms with Gasteiger partial charge in [-0.2, -0.15) is 0 Å². The maximum atomic E-state index is 12.7. The summed E-state index contributed by atoms with van der Waals surface area (Å²) in [7, 11) is 0. The molecule has 0 radical (unpaired) electrons. The second-order valence-corrected chi connectivity index (χ2v) is 7.08. The number of nitrogens with zero attached hydrogens (tertiary/aromatic N) is 1. The van der Waals surface area contributed by atoms with E-state index in [0.717, 1.165) is 31.6 Å². The van der Waals surface area contributed by atoms with Crippen molar-refractivity contribution in [1.29, 1.82) is 0 Å². The molecular formula is C22H26N2O2. The van der Waals surface area contributed by atoms with Crippen molar-refractivity contribution >= 4 is 17.5 Å². The van der Waals surface area contributed by atoms with E-state index >= 15 is 0 Å². The Balaban J connectivity index is 1.71. The van der Waals surface area contributed by atoms with E-state index in [1.807, 2.05) is 29.2 Å². The number of likely N-dealkylation sites (tertiary alicyclic amines) is 1. The minimum absolute atomic E-state index is 0.0125. The van der Waals surface area contributed by atoms with Crippen LogP contribution in [0.4, 0.5) is 5.69 Å². The Morgan fingerprint density at radius 1 is 1.12 bits per heavy atom. The third-order valence-electron chi connectivity index (χ3n) is 4.94. The molecule has 2 aromatic rings. The number of carbonyl (C=O) groups excluding carboxylic acids is 2. The fourth-order valence-electron chi connectivity index (χ4n) is 3.38. The zero-order chi connectivity index (χ0) is 18.5. The summed E-state index contributed by atoms with van der Waals surface area (Å²) >= 11 is 0. The molecule has 4 nitrogen and oxygen atoms in total. The number of piperidine rings is 1. The van der Waals surface area contributed by atoms with Gasteiger partial charge in [0.1, 0.15) is 0 Å². The zero-order valence-electron chi connectivity index (χ0n) is 15.5. The van der Waals surface area contributed by atoms with Gasteiger partial charge in [0.2, 0.25) is 0 Å². The summed E-state index contributed by atoms with van der Waals surface area (Å²) in [5.74, 6) is 0.347. The first kappa shape index (κ1) is 18.2. The fourth-order valence-corrected chi connectivity index (χ4v) is 3.38. The number of nitrogens with one attached hydrogen (secondary N) is 1. The minimum atomic E-state index is -0.198. The van der Waals surface area contributed by atoms with E-state index in [9.17, 15) is 9.59 Å². The van der Waals surface area contributed by atoms with E-state index in [2.05, 4.69) is 19.2 Å². The molecule has 1 unspecified atom stereocenters. The van der Waals surface area contributed by atoms with Crippen molar-refractivity contribution in [3.63, 3.8) is 0 Å². The number of benzene rings is 2. The topological polar surface area (TPSA) is 49.4 Å². The van der Waals surface area contributed by atoms with Crippen molar-refractivity contribution in [3.8, 4) is 0 Å². The lowest BCUT2D eigenvalue weighted by molar-refractivity contribution is 0.0683. The van der Waals surface area contributed by atoms with Crippen molar-refractivity contribution in [2.75, 3.05) is 18.4 Å². The van der Waals surface area contributed by atoms with Crippen LogP contribution in [0, 0.1) is 5.92 Å². The summed E-state index contributed by atoms with van der Waals surface area (Å²) in [6.07, 6.45) is 3.18. The number of carbonyl (C=O) groups is 2. The molecule has 3 rings (SSSR count). The molecule has 1 fully saturated rings. The van der Waals surface area contributed by atoms with Gasteiger partial charge in [0.15, 0.2) is 0 Å². The highest BCUT2D eigenvalue weighted by atomic mass is 16.2. The number of hydrogen-bond acceptors (Lipinski definition) is 2. The number of anilines is 1. The Hall–Kier alpha value is -2.62. The fraction of sp³-hybridized carbons (Fsp3) is 0.364. The van der Waals surface area contributed by atoms with Crippen molar-refractivity contribution in [2.45, 2.75) is 33.1 Å². The number of rotatable bonds is 4. The van der Waals surface area contributed by atoms with Crippen molar-refractivity contribution in [2.24, 2.45) is 5.92 Å². The van der Waals surface area contributed by atoms with Gasteiger partial charge in [0.25, 0.3) is 11.8 Å². The van der Waals surface area contributed by atoms with Crippen molar-refractivity contribution in [1.82, 2.24) is 4.90 Å². The molecule has 0 saturated carbocycles. The molecule has 1 N–H and O–H groups in total. The van der Waals surface area contributed by atoms with Crippen molar-refractivity contribution < 1.29 is 9.59 Å². The first-order valence-corrected chi connectivity index (χ1v) is 9.36. The number of amides is 2. The largest absolute Gasteiger partial charge is 0.338 e. The van der Waals surface area contributed by atoms with Crippen LogP contribution in [0.3, 0.4) is 0 Å². The molecular weight excluding hydrogens is 324 g/mol. The van der Waals surface area contributed by atoms with E-state index in [1.54, 1.807) is 24.3 Å². The molecule has 1 heterocycles. The van der Waals surface area contributed by atoms with Crippen LogP contribution >= 0.6 is 0 Å². The molecule has 0 spiro atoms. The molecule has 1 aliphatic heterocycles. The Morgan fingerprint density at radius 3 is 2.54 bits per heavy atom. The average Bonchev–Trinajstić information content (AvgIpc) is 2.68. The number of hydrogen-bond donors (Lipinski definition) is 1. The van der Waals surface area contributed by atoms with Gasteiger partial charge in [-0.25, -0.2) is 0 Å². The van der Waals surface area contributed by atoms with Crippen molar-refractivity contribution in [3.05, 3.63) is 65.2 Å². The van der Waals surface area contributed by atoms with Gasteiger partial charge in [-0.05, 0) is 61.1 Å². The van der Waals surface area contributed by atoms with Gasteiger partial charge < -0.3 is 10.2 Å². The van der Waals surface area contributed by atoms with Crippen LogP contribution in [-0.4, -0.2) is 29.8 Å². The lowest BCUT2D eigenvalue weighted by Crippen LogP contribution is -2.39. The predicted molar refractivity (Wildman–Crippen MR) is 105 cm³/mol. The van der Waals surface area contributed by atoms with E-state index in [1.165, 1.54) is 12.0 Å². The lowest BCUT2D eigenvalue weighted by atomic mass is 9.99. The highest BCUT2D eigenvalue weighted by molar-refractivity contribution is 6.06. The predicted octanol–water partition coefficient (Wildman–Crippen LogP) is 4.37. The molecule has 2 aromatic carbocycles. The van der Waals surface area contributed by atoms with E-state index in [4.69, 9.17) is 0 Å². The molecule has 1 atom stereocenters. The average molecular weight is 350 g/mol. The maximum absolute atomic E-state index is 12.7. The second-order valence-electron chi connectivity index (χ2n) is 7.08. The smallest absolute Gasteiger partial charge is 0.255 e. The normalized spacial score (nSPS) is 17.0. The Labute approximate surface area is 155 Å². The molecule has 0 bridgehead atoms. The lowest BCUT2D eigenvalue weighted by Gasteiger charge is -2.31. The first-order chi connectivity index (χ1) is 12.6. The molecule has 0 aromatic heterocycles. The summed E-state index contributed by atoms with van der Waals surface area (Å²) in [6.45, 7) is 5.86. The molecule has 1 saturated heterocycles. The van der Waals surface area contributed by atoms with Crippen LogP contribution in [0.1, 0.15) is 53.0 Å². The Kier molecular flexibility index (Phi) is 5.71. The molecule has 1 aliphatic rings. The van der Waals surface area contributed by atoms with Crippen LogP contribution in [0.2, 0.25) is 0 Å². The SMILES string of the molecule is CCc1ccc(NC(=O)c2cccc(C(=O)N3CCCC(C)C3)c2)cc1. The standard InChI is InChI=1S/C22H26N2O2/c1-3-17-9-11-20(12-10-17)23-21(25)18-7-4-8-19(14-18)22(26)24-13-5-6-16(2)15-24/h4,7-12,14,16H,3,5-6,13,15H2,1-2H3,(H,23,25). The summed E-state index contributed by atoms with van der Waals surface area (Å²) in [5, 5.41) is 2.90. The maximum Gasteiger partial charge on any atom is 0.255 e. The van der Waals surface area contributed by atoms with Crippen LogP contribution in [0.15, 0.2) is 48.5 Å². The van der Waals surface area contributed by atoms with Gasteiger partial charge in [0.05, 0.1) is 0 Å². The van der Waals surface area contributed by atoms with Crippen LogP contribution in [0.5, 0.6) is 0 Å². The Morgan fingerprint density at radius 2 is 1.85 bits per heavy atom. The number of aryl methyl sites for hydroxylation is 1. The summed E-state index contributed by atoms with van der Waals surface area (Å²) in [6, 6.07) is 14.8. The zero-order valence-corrected chi connectivity index (χ0v) is 15.5. The summed E-state index contributed by atoms with van der Waals surface area (Å²) in [4.78, 5) is 27.2. The molecule has 136 valence electrons. The third kappa shape index (κ3) is 4.31. The highest BCUT2D eigenvalue weighted by Crippen LogP contribution is 2.19. The van der Waals surface area contributed by atoms with Gasteiger partial charge in [-0.3, -0.25) is 9.59 Å². The van der Waals surface area contributed by atoms with Crippen LogP contribution < -0.4 is 5.32 Å². The molecule has 2 amide bonds. The Bertz CT molecular complexity index is 783. The quantitative estimate of drug-likeness (QED) is 0.890. The molecule has 0 aliphatic carbocycles. The van der Waals surface area contributed by atoms with E-state index in [0.29, 0.717) is 17.0 Å². The summed E-state index contributed by atoms with van der Waals surface area (Å²) < 4.78 is 0. The summed E-state index contributed by atoms with van der Waals surface area (Å²) in [5.41, 5.74) is 3.06. The van der Waals surface area contributed by atoms with Gasteiger partial charge in [0, 0.05) is 29.9 Å². The monoisotopic (exact) mass is 350 g/mol. The molecule has 4 heteroatoms. The van der Waals surface area contributed by atoms with E-state index < -0.39 is 0 Å². The van der Waals surface area contributed by atoms with Gasteiger partial charge in [-0.1, -0.05) is 32.0 Å². The van der Waals surface area contributed by atoms with Crippen LogP contribution in [0.25, 0.3) is 0 Å². The van der Waals surface area contributed by atoms with Crippen LogP contribution in [-0.2, 0) is 6.42 Å². The second kappa shape index (κ2) is 8.17. The van der Waals surface area contributed by atoms with E-state index in [-0.39, 0.29) is 11.8 Å². The van der Waals surface area contributed by atoms with Gasteiger partial charge in [-0.15, -0.1) is 0 Å². The van der Waals surface area contributed by atoms with Gasteiger partial charge >= 0.3 is 0 Å². The first-order valence-electron chi connectivity index (χ1n) is 9.36.